The summed E-state index contributed by atoms with van der Waals surface area (Å²) >= 11 is 2.10. The van der Waals surface area contributed by atoms with Gasteiger partial charge >= 0.3 is 0 Å². The lowest BCUT2D eigenvalue weighted by atomic mass is 10.2. The Morgan fingerprint density at radius 3 is 3.00 bits per heavy atom. The molecule has 3 atom stereocenters. The van der Waals surface area contributed by atoms with Gasteiger partial charge in [0.15, 0.2) is 0 Å². The average molecular weight is 171 g/mol. The molecule has 1 saturated heterocycles. The van der Waals surface area contributed by atoms with Crippen LogP contribution in [0.5, 0.6) is 0 Å². The van der Waals surface area contributed by atoms with Crippen molar-refractivity contribution in [3.63, 3.8) is 0 Å². The Labute approximate surface area is 73.3 Å². The fraction of sp³-hybridized carbons (Fsp3) is 1.00. The highest BCUT2D eigenvalue weighted by Gasteiger charge is 2.36. The maximum atomic E-state index is 3.73. The van der Waals surface area contributed by atoms with Crippen LogP contribution in [-0.2, 0) is 0 Å². The zero-order valence-corrected chi connectivity index (χ0v) is 7.99. The smallest absolute Gasteiger partial charge is 0.0168 e. The molecule has 2 rings (SSSR count). The predicted molar refractivity (Wildman–Crippen MR) is 51.1 cm³/mol. The summed E-state index contributed by atoms with van der Waals surface area (Å²) in [5.74, 6) is 3.74. The summed E-state index contributed by atoms with van der Waals surface area (Å²) in [6.07, 6.45) is 4.22. The second-order valence-electron chi connectivity index (χ2n) is 3.74. The molecule has 1 aliphatic heterocycles. The third kappa shape index (κ3) is 1.91. The van der Waals surface area contributed by atoms with Crippen LogP contribution < -0.4 is 5.32 Å². The minimum absolute atomic E-state index is 0.849. The fourth-order valence-corrected chi connectivity index (χ4v) is 3.04. The summed E-state index contributed by atoms with van der Waals surface area (Å²) in [5, 5.41) is 3.73. The second-order valence-corrected chi connectivity index (χ2v) is 4.89. The van der Waals surface area contributed by atoms with E-state index < -0.39 is 0 Å². The zero-order chi connectivity index (χ0) is 7.68. The first-order valence-corrected chi connectivity index (χ1v) is 5.89. The van der Waals surface area contributed by atoms with Crippen LogP contribution in [0.1, 0.15) is 26.2 Å². The molecule has 1 heterocycles. The van der Waals surface area contributed by atoms with Gasteiger partial charge in [0.2, 0.25) is 0 Å². The van der Waals surface area contributed by atoms with Crippen molar-refractivity contribution in [1.82, 2.24) is 5.32 Å². The van der Waals surface area contributed by atoms with Crippen molar-refractivity contribution in [3.05, 3.63) is 0 Å². The number of hydrogen-bond donors (Lipinski definition) is 1. The quantitative estimate of drug-likeness (QED) is 0.696. The van der Waals surface area contributed by atoms with E-state index in [1.165, 1.54) is 30.8 Å². The van der Waals surface area contributed by atoms with Crippen molar-refractivity contribution >= 4 is 11.8 Å². The van der Waals surface area contributed by atoms with Gasteiger partial charge in [-0.3, -0.25) is 0 Å². The van der Waals surface area contributed by atoms with Crippen molar-refractivity contribution in [2.24, 2.45) is 5.92 Å². The molecule has 1 aliphatic carbocycles. The van der Waals surface area contributed by atoms with Gasteiger partial charge in [-0.15, -0.1) is 0 Å². The average Bonchev–Trinajstić information content (AvgIpc) is 2.54. The molecule has 0 aromatic heterocycles. The van der Waals surface area contributed by atoms with Crippen molar-refractivity contribution in [1.29, 1.82) is 0 Å². The van der Waals surface area contributed by atoms with E-state index in [2.05, 4.69) is 24.0 Å². The van der Waals surface area contributed by atoms with E-state index in [1.54, 1.807) is 0 Å². The Hall–Kier alpha value is 0.310. The lowest BCUT2D eigenvalue weighted by Gasteiger charge is -2.09. The molecule has 0 bridgehead atoms. The SMILES string of the molecule is CCC1CC1NC1CCSC1. The highest BCUT2D eigenvalue weighted by atomic mass is 32.2. The van der Waals surface area contributed by atoms with Crippen molar-refractivity contribution < 1.29 is 0 Å². The van der Waals surface area contributed by atoms with Crippen molar-refractivity contribution in [3.8, 4) is 0 Å². The molecular weight excluding hydrogens is 154 g/mol. The van der Waals surface area contributed by atoms with Crippen LogP contribution in [-0.4, -0.2) is 23.6 Å². The van der Waals surface area contributed by atoms with E-state index in [9.17, 15) is 0 Å². The third-order valence-electron chi connectivity index (χ3n) is 2.83. The van der Waals surface area contributed by atoms with Gasteiger partial charge in [0.1, 0.15) is 0 Å². The van der Waals surface area contributed by atoms with Crippen LogP contribution in [0.4, 0.5) is 0 Å². The molecule has 2 heteroatoms. The zero-order valence-electron chi connectivity index (χ0n) is 7.18. The fourth-order valence-electron chi connectivity index (χ4n) is 1.87. The minimum atomic E-state index is 0.849. The van der Waals surface area contributed by atoms with Gasteiger partial charge in [0.05, 0.1) is 0 Å². The molecule has 2 aliphatic rings. The maximum absolute atomic E-state index is 3.73. The van der Waals surface area contributed by atoms with E-state index >= 15 is 0 Å². The Morgan fingerprint density at radius 2 is 2.45 bits per heavy atom. The lowest BCUT2D eigenvalue weighted by molar-refractivity contribution is 0.527. The number of thioether (sulfide) groups is 1. The van der Waals surface area contributed by atoms with Gasteiger partial charge in [-0.1, -0.05) is 13.3 Å². The molecule has 11 heavy (non-hydrogen) atoms. The number of nitrogens with one attached hydrogen (secondary N) is 1. The number of hydrogen-bond acceptors (Lipinski definition) is 2. The van der Waals surface area contributed by atoms with Crippen LogP contribution in [0.2, 0.25) is 0 Å². The molecule has 0 amide bonds. The van der Waals surface area contributed by atoms with Gasteiger partial charge in [0, 0.05) is 17.8 Å². The van der Waals surface area contributed by atoms with E-state index in [0.29, 0.717) is 0 Å². The predicted octanol–water partition coefficient (Wildman–Crippen LogP) is 1.88. The summed E-state index contributed by atoms with van der Waals surface area (Å²) in [6, 6.07) is 1.74. The topological polar surface area (TPSA) is 12.0 Å². The largest absolute Gasteiger partial charge is 0.310 e. The monoisotopic (exact) mass is 171 g/mol. The molecule has 2 fully saturated rings. The molecule has 0 radical (unpaired) electrons. The van der Waals surface area contributed by atoms with E-state index in [0.717, 1.165) is 18.0 Å². The third-order valence-corrected chi connectivity index (χ3v) is 3.99. The summed E-state index contributed by atoms with van der Waals surface area (Å²) < 4.78 is 0. The summed E-state index contributed by atoms with van der Waals surface area (Å²) in [5.41, 5.74) is 0. The second kappa shape index (κ2) is 3.36. The van der Waals surface area contributed by atoms with Crippen LogP contribution in [0, 0.1) is 5.92 Å². The highest BCUT2D eigenvalue weighted by Crippen LogP contribution is 2.34. The Morgan fingerprint density at radius 1 is 1.55 bits per heavy atom. The summed E-state index contributed by atoms with van der Waals surface area (Å²) in [4.78, 5) is 0. The molecular formula is C9H17NS. The first-order valence-electron chi connectivity index (χ1n) is 4.74. The molecule has 64 valence electrons. The maximum Gasteiger partial charge on any atom is 0.0168 e. The van der Waals surface area contributed by atoms with Gasteiger partial charge in [-0.2, -0.15) is 11.8 Å². The van der Waals surface area contributed by atoms with Crippen LogP contribution in [0.15, 0.2) is 0 Å². The van der Waals surface area contributed by atoms with Gasteiger partial charge in [-0.25, -0.2) is 0 Å². The Balaban J connectivity index is 1.66. The molecule has 0 aromatic rings. The van der Waals surface area contributed by atoms with Crippen LogP contribution in [0.3, 0.4) is 0 Å². The molecule has 1 saturated carbocycles. The lowest BCUT2D eigenvalue weighted by Crippen LogP contribution is -2.31. The normalized spacial score (nSPS) is 42.8. The standard InChI is InChI=1S/C9H17NS/c1-2-7-5-9(7)10-8-3-4-11-6-8/h7-10H,2-6H2,1H3. The van der Waals surface area contributed by atoms with E-state index in [1.807, 2.05) is 0 Å². The highest BCUT2D eigenvalue weighted by molar-refractivity contribution is 7.99. The van der Waals surface area contributed by atoms with E-state index in [-0.39, 0.29) is 0 Å². The van der Waals surface area contributed by atoms with Crippen molar-refractivity contribution in [2.75, 3.05) is 11.5 Å². The van der Waals surface area contributed by atoms with Crippen LogP contribution >= 0.6 is 11.8 Å². The van der Waals surface area contributed by atoms with Gasteiger partial charge < -0.3 is 5.32 Å². The summed E-state index contributed by atoms with van der Waals surface area (Å²) in [6.45, 7) is 2.30. The van der Waals surface area contributed by atoms with Gasteiger partial charge in [-0.05, 0) is 24.5 Å². The molecule has 1 nitrogen and oxygen atoms in total. The van der Waals surface area contributed by atoms with E-state index in [4.69, 9.17) is 0 Å². The summed E-state index contributed by atoms with van der Waals surface area (Å²) in [7, 11) is 0. The van der Waals surface area contributed by atoms with Crippen molar-refractivity contribution in [2.45, 2.75) is 38.3 Å². The van der Waals surface area contributed by atoms with Crippen LogP contribution in [0.25, 0.3) is 0 Å². The molecule has 0 spiro atoms. The molecule has 3 unspecified atom stereocenters. The Bertz CT molecular complexity index is 132. The molecule has 0 aromatic carbocycles. The van der Waals surface area contributed by atoms with Gasteiger partial charge in [0.25, 0.3) is 0 Å². The first-order chi connectivity index (χ1) is 5.40. The molecule has 1 N–H and O–H groups in total. The first kappa shape index (κ1) is 7.93. The Kier molecular flexibility index (Phi) is 2.42. The number of rotatable bonds is 3. The minimum Gasteiger partial charge on any atom is -0.310 e.